The average molecular weight is 261 g/mol. The number of hydrogen-bond donors (Lipinski definition) is 0. The van der Waals surface area contributed by atoms with Gasteiger partial charge in [0.2, 0.25) is 0 Å². The maximum atomic E-state index is 10.5. The van der Waals surface area contributed by atoms with E-state index in [2.05, 4.69) is 4.98 Å². The zero-order valence-corrected chi connectivity index (χ0v) is 10.0. The number of hydrogen-bond acceptors (Lipinski definition) is 3. The average Bonchev–Trinajstić information content (AvgIpc) is 2.38. The molecule has 90 valence electrons. The van der Waals surface area contributed by atoms with Crippen molar-refractivity contribution in [2.24, 2.45) is 0 Å². The van der Waals surface area contributed by atoms with E-state index in [1.807, 2.05) is 18.2 Å². The summed E-state index contributed by atoms with van der Waals surface area (Å²) in [5.74, 6) is 0. The number of nitro benzene ring substituents is 1. The predicted molar refractivity (Wildman–Crippen MR) is 71.3 cm³/mol. The lowest BCUT2D eigenvalue weighted by molar-refractivity contribution is -0.384. The van der Waals surface area contributed by atoms with E-state index in [1.54, 1.807) is 24.4 Å². The minimum absolute atomic E-state index is 0.0836. The fourth-order valence-corrected chi connectivity index (χ4v) is 1.50. The quantitative estimate of drug-likeness (QED) is 0.479. The van der Waals surface area contributed by atoms with Crippen LogP contribution in [0.5, 0.6) is 0 Å². The van der Waals surface area contributed by atoms with E-state index in [1.165, 1.54) is 12.1 Å². The maximum Gasteiger partial charge on any atom is 0.269 e. The summed E-state index contributed by atoms with van der Waals surface area (Å²) in [5, 5.41) is 10.9. The van der Waals surface area contributed by atoms with E-state index in [-0.39, 0.29) is 5.69 Å². The highest BCUT2D eigenvalue weighted by molar-refractivity contribution is 6.29. The normalized spacial score (nSPS) is 10.7. The van der Waals surface area contributed by atoms with Crippen molar-refractivity contribution in [1.82, 2.24) is 4.98 Å². The van der Waals surface area contributed by atoms with Crippen LogP contribution in [0, 0.1) is 10.1 Å². The SMILES string of the molecule is O=[N+]([O-])c1ccc(C=Cc2ccc(Cl)nc2)cc1. The van der Waals surface area contributed by atoms with E-state index in [4.69, 9.17) is 11.6 Å². The van der Waals surface area contributed by atoms with Crippen LogP contribution in [0.3, 0.4) is 0 Å². The van der Waals surface area contributed by atoms with Gasteiger partial charge in [0.15, 0.2) is 0 Å². The van der Waals surface area contributed by atoms with Gasteiger partial charge in [0.05, 0.1) is 4.92 Å². The minimum atomic E-state index is -0.420. The number of rotatable bonds is 3. The van der Waals surface area contributed by atoms with Gasteiger partial charge in [-0.25, -0.2) is 4.98 Å². The summed E-state index contributed by atoms with van der Waals surface area (Å²) in [4.78, 5) is 14.0. The van der Waals surface area contributed by atoms with E-state index in [0.717, 1.165) is 11.1 Å². The van der Waals surface area contributed by atoms with E-state index in [9.17, 15) is 10.1 Å². The second-order valence-corrected chi connectivity index (χ2v) is 3.98. The fourth-order valence-electron chi connectivity index (χ4n) is 1.39. The zero-order chi connectivity index (χ0) is 13.0. The standard InChI is InChI=1S/C13H9ClN2O2/c14-13-8-5-11(9-15-13)2-1-10-3-6-12(7-4-10)16(17)18/h1-9H. The first-order chi connectivity index (χ1) is 8.65. The lowest BCUT2D eigenvalue weighted by atomic mass is 10.1. The summed E-state index contributed by atoms with van der Waals surface area (Å²) >= 11 is 5.68. The van der Waals surface area contributed by atoms with Gasteiger partial charge in [-0.05, 0) is 29.3 Å². The Morgan fingerprint density at radius 2 is 1.67 bits per heavy atom. The number of nitro groups is 1. The van der Waals surface area contributed by atoms with Crippen LogP contribution in [0.25, 0.3) is 12.2 Å². The second kappa shape index (κ2) is 5.42. The van der Waals surface area contributed by atoms with Gasteiger partial charge in [-0.15, -0.1) is 0 Å². The molecule has 0 N–H and O–H groups in total. The summed E-state index contributed by atoms with van der Waals surface area (Å²) in [5.41, 5.74) is 1.88. The molecule has 2 aromatic rings. The monoisotopic (exact) mass is 260 g/mol. The Kier molecular flexibility index (Phi) is 3.69. The molecule has 5 heteroatoms. The summed E-state index contributed by atoms with van der Waals surface area (Å²) in [6.07, 6.45) is 5.38. The molecule has 0 bridgehead atoms. The fraction of sp³-hybridized carbons (Fsp3) is 0. The molecule has 0 radical (unpaired) electrons. The van der Waals surface area contributed by atoms with E-state index >= 15 is 0 Å². The van der Waals surface area contributed by atoms with Crippen molar-refractivity contribution in [3.8, 4) is 0 Å². The molecule has 0 atom stereocenters. The Labute approximate surface area is 109 Å². The highest BCUT2D eigenvalue weighted by Gasteiger charge is 2.01. The van der Waals surface area contributed by atoms with Crippen LogP contribution in [0.1, 0.15) is 11.1 Å². The van der Waals surface area contributed by atoms with Gasteiger partial charge in [0.25, 0.3) is 5.69 Å². The highest BCUT2D eigenvalue weighted by atomic mass is 35.5. The number of benzene rings is 1. The van der Waals surface area contributed by atoms with Crippen molar-refractivity contribution in [2.45, 2.75) is 0 Å². The summed E-state index contributed by atoms with van der Waals surface area (Å²) in [7, 11) is 0. The van der Waals surface area contributed by atoms with Crippen molar-refractivity contribution in [3.63, 3.8) is 0 Å². The highest BCUT2D eigenvalue weighted by Crippen LogP contribution is 2.14. The molecule has 0 amide bonds. The molecule has 18 heavy (non-hydrogen) atoms. The van der Waals surface area contributed by atoms with Crippen LogP contribution in [-0.4, -0.2) is 9.91 Å². The first-order valence-electron chi connectivity index (χ1n) is 5.19. The molecule has 0 fully saturated rings. The van der Waals surface area contributed by atoms with Gasteiger partial charge < -0.3 is 0 Å². The molecule has 0 aliphatic rings. The Morgan fingerprint density at radius 3 is 2.22 bits per heavy atom. The zero-order valence-electron chi connectivity index (χ0n) is 9.29. The molecule has 0 spiro atoms. The lowest BCUT2D eigenvalue weighted by Gasteiger charge is -1.95. The Morgan fingerprint density at radius 1 is 1.06 bits per heavy atom. The molecule has 4 nitrogen and oxygen atoms in total. The molecule has 0 aliphatic carbocycles. The van der Waals surface area contributed by atoms with Crippen molar-refractivity contribution in [2.75, 3.05) is 0 Å². The third kappa shape index (κ3) is 3.15. The van der Waals surface area contributed by atoms with Crippen molar-refractivity contribution >= 4 is 29.4 Å². The van der Waals surface area contributed by atoms with Crippen LogP contribution >= 0.6 is 11.6 Å². The molecule has 0 saturated carbocycles. The van der Waals surface area contributed by atoms with E-state index in [0.29, 0.717) is 5.15 Å². The number of non-ortho nitro benzene ring substituents is 1. The van der Waals surface area contributed by atoms with Crippen molar-refractivity contribution < 1.29 is 4.92 Å². The number of aromatic nitrogens is 1. The summed E-state index contributed by atoms with van der Waals surface area (Å²) < 4.78 is 0. The van der Waals surface area contributed by atoms with Crippen LogP contribution in [0.15, 0.2) is 42.6 Å². The molecule has 0 unspecified atom stereocenters. The Hall–Kier alpha value is -2.20. The molecule has 1 aromatic carbocycles. The molecule has 1 aromatic heterocycles. The lowest BCUT2D eigenvalue weighted by Crippen LogP contribution is -1.86. The first-order valence-corrected chi connectivity index (χ1v) is 5.57. The third-order valence-corrected chi connectivity index (χ3v) is 2.55. The van der Waals surface area contributed by atoms with Crippen LogP contribution in [0.2, 0.25) is 5.15 Å². The van der Waals surface area contributed by atoms with Gasteiger partial charge in [0.1, 0.15) is 5.15 Å². The number of pyridine rings is 1. The van der Waals surface area contributed by atoms with Crippen molar-refractivity contribution in [3.05, 3.63) is 69.0 Å². The molecular formula is C13H9ClN2O2. The van der Waals surface area contributed by atoms with Gasteiger partial charge in [-0.2, -0.15) is 0 Å². The van der Waals surface area contributed by atoms with Crippen LogP contribution in [0.4, 0.5) is 5.69 Å². The minimum Gasteiger partial charge on any atom is -0.258 e. The van der Waals surface area contributed by atoms with Gasteiger partial charge in [-0.1, -0.05) is 29.8 Å². The maximum absolute atomic E-state index is 10.5. The van der Waals surface area contributed by atoms with Crippen molar-refractivity contribution in [1.29, 1.82) is 0 Å². The third-order valence-electron chi connectivity index (χ3n) is 2.32. The van der Waals surface area contributed by atoms with Crippen LogP contribution < -0.4 is 0 Å². The number of halogens is 1. The molecular weight excluding hydrogens is 252 g/mol. The first kappa shape index (κ1) is 12.3. The van der Waals surface area contributed by atoms with E-state index < -0.39 is 4.92 Å². The smallest absolute Gasteiger partial charge is 0.258 e. The van der Waals surface area contributed by atoms with Gasteiger partial charge in [-0.3, -0.25) is 10.1 Å². The molecule has 1 heterocycles. The predicted octanol–water partition coefficient (Wildman–Crippen LogP) is 3.81. The topological polar surface area (TPSA) is 56.0 Å². The molecule has 0 saturated heterocycles. The second-order valence-electron chi connectivity index (χ2n) is 3.60. The summed E-state index contributed by atoms with van der Waals surface area (Å²) in [6, 6.07) is 9.88. The molecule has 0 aliphatic heterocycles. The summed E-state index contributed by atoms with van der Waals surface area (Å²) in [6.45, 7) is 0. The van der Waals surface area contributed by atoms with Crippen LogP contribution in [-0.2, 0) is 0 Å². The van der Waals surface area contributed by atoms with Gasteiger partial charge in [0, 0.05) is 18.3 Å². The molecule has 2 rings (SSSR count). The Balaban J connectivity index is 2.13. The van der Waals surface area contributed by atoms with Gasteiger partial charge >= 0.3 is 0 Å². The number of nitrogens with zero attached hydrogens (tertiary/aromatic N) is 2. The Bertz CT molecular complexity index is 577. The largest absolute Gasteiger partial charge is 0.269 e.